The van der Waals surface area contributed by atoms with Crippen molar-refractivity contribution >= 4 is 21.4 Å². The van der Waals surface area contributed by atoms with Crippen LogP contribution >= 0.6 is 0 Å². The molecule has 0 aliphatic rings. The topological polar surface area (TPSA) is 88.2 Å². The molecule has 0 spiro atoms. The molecule has 0 atom stereocenters. The standard InChI is InChI=1S/C10H15N3O3S/c1-11-8-3-4-9(13-7-8)10(14)12-5-6-17(2,15)16/h3-4,7,11H,5-6H2,1-2H3,(H,12,14). The molecule has 7 heteroatoms. The Morgan fingerprint density at radius 2 is 2.12 bits per heavy atom. The predicted molar refractivity (Wildman–Crippen MR) is 65.8 cm³/mol. The van der Waals surface area contributed by atoms with E-state index in [0.29, 0.717) is 0 Å². The van der Waals surface area contributed by atoms with Crippen molar-refractivity contribution < 1.29 is 13.2 Å². The summed E-state index contributed by atoms with van der Waals surface area (Å²) in [6.07, 6.45) is 2.66. The molecule has 0 aromatic carbocycles. The van der Waals surface area contributed by atoms with E-state index < -0.39 is 9.84 Å². The Labute approximate surface area is 100 Å². The highest BCUT2D eigenvalue weighted by Gasteiger charge is 2.08. The molecule has 1 aromatic rings. The fraction of sp³-hybridized carbons (Fsp3) is 0.400. The summed E-state index contributed by atoms with van der Waals surface area (Å²) in [5, 5.41) is 5.37. The highest BCUT2D eigenvalue weighted by atomic mass is 32.2. The first kappa shape index (κ1) is 13.4. The minimum atomic E-state index is -3.06. The normalized spacial score (nSPS) is 10.9. The lowest BCUT2D eigenvalue weighted by Crippen LogP contribution is -2.29. The average Bonchev–Trinajstić information content (AvgIpc) is 2.27. The molecule has 1 amide bonds. The van der Waals surface area contributed by atoms with Crippen molar-refractivity contribution in [2.24, 2.45) is 0 Å². The minimum absolute atomic E-state index is 0.0761. The van der Waals surface area contributed by atoms with Gasteiger partial charge in [-0.25, -0.2) is 13.4 Å². The van der Waals surface area contributed by atoms with E-state index in [-0.39, 0.29) is 23.9 Å². The zero-order valence-corrected chi connectivity index (χ0v) is 10.5. The van der Waals surface area contributed by atoms with Crippen LogP contribution in [0.5, 0.6) is 0 Å². The second-order valence-electron chi connectivity index (χ2n) is 3.57. The Bertz CT molecular complexity index is 482. The van der Waals surface area contributed by atoms with E-state index in [1.165, 1.54) is 6.20 Å². The Hall–Kier alpha value is -1.63. The summed E-state index contributed by atoms with van der Waals surface area (Å²) in [6.45, 7) is 0.0904. The first-order valence-corrected chi connectivity index (χ1v) is 7.08. The molecule has 0 unspecified atom stereocenters. The summed E-state index contributed by atoms with van der Waals surface area (Å²) in [7, 11) is -1.30. The molecular weight excluding hydrogens is 242 g/mol. The first-order chi connectivity index (χ1) is 7.92. The molecule has 17 heavy (non-hydrogen) atoms. The van der Waals surface area contributed by atoms with E-state index in [1.807, 2.05) is 0 Å². The molecule has 0 aliphatic heterocycles. The number of carbonyl (C=O) groups is 1. The summed E-state index contributed by atoms with van der Waals surface area (Å²) in [5.74, 6) is -0.454. The summed E-state index contributed by atoms with van der Waals surface area (Å²) in [6, 6.07) is 3.29. The highest BCUT2D eigenvalue weighted by molar-refractivity contribution is 7.90. The molecule has 1 rings (SSSR count). The van der Waals surface area contributed by atoms with Gasteiger partial charge in [0.15, 0.2) is 0 Å². The van der Waals surface area contributed by atoms with Crippen LogP contribution in [0.4, 0.5) is 5.69 Å². The minimum Gasteiger partial charge on any atom is -0.387 e. The first-order valence-electron chi connectivity index (χ1n) is 5.02. The van der Waals surface area contributed by atoms with Crippen LogP contribution in [0.2, 0.25) is 0 Å². The smallest absolute Gasteiger partial charge is 0.269 e. The van der Waals surface area contributed by atoms with E-state index in [0.717, 1.165) is 11.9 Å². The van der Waals surface area contributed by atoms with Crippen molar-refractivity contribution in [2.75, 3.05) is 30.9 Å². The Balaban J connectivity index is 2.52. The van der Waals surface area contributed by atoms with Gasteiger partial charge in [-0.2, -0.15) is 0 Å². The zero-order valence-electron chi connectivity index (χ0n) is 9.73. The van der Waals surface area contributed by atoms with Gasteiger partial charge in [-0.3, -0.25) is 4.79 Å². The average molecular weight is 257 g/mol. The predicted octanol–water partition coefficient (Wildman–Crippen LogP) is -0.102. The van der Waals surface area contributed by atoms with Crippen LogP contribution in [0.15, 0.2) is 18.3 Å². The summed E-state index contributed by atoms with van der Waals surface area (Å²) >= 11 is 0. The van der Waals surface area contributed by atoms with Gasteiger partial charge in [0.2, 0.25) is 0 Å². The molecule has 0 saturated heterocycles. The molecule has 94 valence electrons. The second kappa shape index (κ2) is 5.62. The van der Waals surface area contributed by atoms with Crippen LogP contribution in [-0.2, 0) is 9.84 Å². The van der Waals surface area contributed by atoms with E-state index >= 15 is 0 Å². The molecular formula is C10H15N3O3S. The monoisotopic (exact) mass is 257 g/mol. The number of nitrogens with zero attached hydrogens (tertiary/aromatic N) is 1. The molecule has 0 bridgehead atoms. The summed E-state index contributed by atoms with van der Waals surface area (Å²) in [5.41, 5.74) is 1.06. The third kappa shape index (κ3) is 4.81. The molecule has 0 radical (unpaired) electrons. The number of nitrogens with one attached hydrogen (secondary N) is 2. The van der Waals surface area contributed by atoms with Gasteiger partial charge >= 0.3 is 0 Å². The Morgan fingerprint density at radius 3 is 2.59 bits per heavy atom. The third-order valence-electron chi connectivity index (χ3n) is 2.04. The summed E-state index contributed by atoms with van der Waals surface area (Å²) < 4.78 is 21.7. The maximum Gasteiger partial charge on any atom is 0.269 e. The number of hydrogen-bond donors (Lipinski definition) is 2. The van der Waals surface area contributed by atoms with E-state index in [1.54, 1.807) is 19.2 Å². The van der Waals surface area contributed by atoms with Gasteiger partial charge < -0.3 is 10.6 Å². The third-order valence-corrected chi connectivity index (χ3v) is 2.99. The van der Waals surface area contributed by atoms with Crippen LogP contribution in [0.25, 0.3) is 0 Å². The van der Waals surface area contributed by atoms with Crippen molar-refractivity contribution in [3.8, 4) is 0 Å². The van der Waals surface area contributed by atoms with Gasteiger partial charge in [-0.1, -0.05) is 0 Å². The Morgan fingerprint density at radius 1 is 1.41 bits per heavy atom. The van der Waals surface area contributed by atoms with Gasteiger partial charge in [0, 0.05) is 19.8 Å². The zero-order chi connectivity index (χ0) is 12.9. The molecule has 6 nitrogen and oxygen atoms in total. The van der Waals surface area contributed by atoms with Gasteiger partial charge in [-0.15, -0.1) is 0 Å². The van der Waals surface area contributed by atoms with Crippen molar-refractivity contribution in [1.29, 1.82) is 0 Å². The van der Waals surface area contributed by atoms with E-state index in [4.69, 9.17) is 0 Å². The molecule has 0 saturated carbocycles. The number of pyridine rings is 1. The molecule has 1 heterocycles. The fourth-order valence-corrected chi connectivity index (χ4v) is 1.59. The lowest BCUT2D eigenvalue weighted by molar-refractivity contribution is 0.0951. The number of rotatable bonds is 5. The van der Waals surface area contributed by atoms with Gasteiger partial charge in [0.1, 0.15) is 15.5 Å². The largest absolute Gasteiger partial charge is 0.387 e. The highest BCUT2D eigenvalue weighted by Crippen LogP contribution is 2.04. The number of anilines is 1. The maximum atomic E-state index is 11.5. The van der Waals surface area contributed by atoms with Crippen LogP contribution < -0.4 is 10.6 Å². The van der Waals surface area contributed by atoms with Gasteiger partial charge in [0.05, 0.1) is 17.6 Å². The van der Waals surface area contributed by atoms with E-state index in [9.17, 15) is 13.2 Å². The van der Waals surface area contributed by atoms with Gasteiger partial charge in [0.25, 0.3) is 5.91 Å². The van der Waals surface area contributed by atoms with Crippen LogP contribution in [0.3, 0.4) is 0 Å². The number of sulfone groups is 1. The number of carbonyl (C=O) groups excluding carboxylic acids is 1. The van der Waals surface area contributed by atoms with Crippen molar-refractivity contribution in [1.82, 2.24) is 10.3 Å². The lowest BCUT2D eigenvalue weighted by atomic mass is 10.3. The number of amides is 1. The molecule has 2 N–H and O–H groups in total. The van der Waals surface area contributed by atoms with Crippen LogP contribution in [0.1, 0.15) is 10.5 Å². The molecule has 1 aromatic heterocycles. The number of aromatic nitrogens is 1. The maximum absolute atomic E-state index is 11.5. The van der Waals surface area contributed by atoms with Crippen molar-refractivity contribution in [2.45, 2.75) is 0 Å². The SMILES string of the molecule is CNc1ccc(C(=O)NCCS(C)(=O)=O)nc1. The fourth-order valence-electron chi connectivity index (χ4n) is 1.12. The van der Waals surface area contributed by atoms with Crippen LogP contribution in [0, 0.1) is 0 Å². The molecule has 0 aliphatic carbocycles. The number of hydrogen-bond acceptors (Lipinski definition) is 5. The lowest BCUT2D eigenvalue weighted by Gasteiger charge is -2.04. The van der Waals surface area contributed by atoms with Crippen molar-refractivity contribution in [3.05, 3.63) is 24.0 Å². The summed E-state index contributed by atoms with van der Waals surface area (Å²) in [4.78, 5) is 15.5. The quantitative estimate of drug-likeness (QED) is 0.769. The second-order valence-corrected chi connectivity index (χ2v) is 5.83. The van der Waals surface area contributed by atoms with Crippen LogP contribution in [-0.4, -0.2) is 44.9 Å². The van der Waals surface area contributed by atoms with Gasteiger partial charge in [-0.05, 0) is 12.1 Å². The molecule has 0 fully saturated rings. The van der Waals surface area contributed by atoms with E-state index in [2.05, 4.69) is 15.6 Å². The Kier molecular flexibility index (Phi) is 4.45. The van der Waals surface area contributed by atoms with Crippen molar-refractivity contribution in [3.63, 3.8) is 0 Å².